The molecule has 0 aliphatic heterocycles. The summed E-state index contributed by atoms with van der Waals surface area (Å²) in [4.78, 5) is 10.0. The number of nitrogens with zero attached hydrogens (tertiary/aromatic N) is 1. The first-order valence-corrected chi connectivity index (χ1v) is 3.21. The second-order valence-electron chi connectivity index (χ2n) is 2.38. The minimum atomic E-state index is 0.398. The first-order chi connectivity index (χ1) is 4.75. The number of hydrogen-bond donors (Lipinski definition) is 0. The van der Waals surface area contributed by atoms with Gasteiger partial charge in [0.2, 0.25) is 0 Å². The summed E-state index contributed by atoms with van der Waals surface area (Å²) in [6, 6.07) is 1.99. The smallest absolute Gasteiger partial charge is 0.0108 e. The van der Waals surface area contributed by atoms with Gasteiger partial charge in [-0.05, 0) is 24.2 Å². The van der Waals surface area contributed by atoms with Crippen LogP contribution >= 0.6 is 0 Å². The largest absolute Gasteiger partial charge is 0.541 e. The van der Waals surface area contributed by atoms with Crippen molar-refractivity contribution in [2.75, 3.05) is 0 Å². The topological polar surface area (TPSA) is 22.0 Å². The van der Waals surface area contributed by atoms with Crippen molar-refractivity contribution >= 4 is 6.29 Å². The molecular formula is C8H10NO-. The van der Waals surface area contributed by atoms with Crippen LogP contribution in [0.1, 0.15) is 11.3 Å². The monoisotopic (exact) mass is 136 g/mol. The quantitative estimate of drug-likeness (QED) is 0.555. The van der Waals surface area contributed by atoms with Gasteiger partial charge in [-0.25, -0.2) is 0 Å². The van der Waals surface area contributed by atoms with E-state index in [4.69, 9.17) is 0 Å². The molecule has 1 heterocycles. The fourth-order valence-corrected chi connectivity index (χ4v) is 1.02. The average molecular weight is 136 g/mol. The van der Waals surface area contributed by atoms with Gasteiger partial charge < -0.3 is 9.36 Å². The average Bonchev–Trinajstić information content (AvgIpc) is 2.20. The molecule has 0 aliphatic carbocycles. The third-order valence-corrected chi connectivity index (χ3v) is 1.67. The van der Waals surface area contributed by atoms with Gasteiger partial charge in [0.25, 0.3) is 0 Å². The van der Waals surface area contributed by atoms with Crippen molar-refractivity contribution in [3.05, 3.63) is 23.5 Å². The highest BCUT2D eigenvalue weighted by Crippen LogP contribution is 2.07. The third kappa shape index (κ3) is 1.10. The molecule has 1 aromatic heterocycles. The Labute approximate surface area is 60.5 Å². The predicted octanol–water partition coefficient (Wildman–Crippen LogP) is 0.986. The van der Waals surface area contributed by atoms with E-state index in [1.54, 1.807) is 0 Å². The minimum Gasteiger partial charge on any atom is -0.541 e. The van der Waals surface area contributed by atoms with Gasteiger partial charge >= 0.3 is 0 Å². The van der Waals surface area contributed by atoms with E-state index in [1.807, 2.05) is 37.1 Å². The standard InChI is InChI=1S/C8H10NO/c1-7-3-5-9(2)8(7)4-6-10/h3,5H,4H2,1-2H3/q-1. The highest BCUT2D eigenvalue weighted by Gasteiger charge is 1.95. The molecule has 2 heteroatoms. The van der Waals surface area contributed by atoms with Crippen molar-refractivity contribution in [2.24, 2.45) is 7.05 Å². The molecule has 0 fully saturated rings. The summed E-state index contributed by atoms with van der Waals surface area (Å²) in [5.41, 5.74) is 2.21. The summed E-state index contributed by atoms with van der Waals surface area (Å²) in [5, 5.41) is 0. The lowest BCUT2D eigenvalue weighted by Gasteiger charge is -2.04. The van der Waals surface area contributed by atoms with Crippen molar-refractivity contribution in [3.8, 4) is 0 Å². The molecule has 0 radical (unpaired) electrons. The molecule has 2 nitrogen and oxygen atoms in total. The van der Waals surface area contributed by atoms with Crippen molar-refractivity contribution in [2.45, 2.75) is 13.3 Å². The molecule has 10 heavy (non-hydrogen) atoms. The Kier molecular flexibility index (Phi) is 1.90. The molecule has 0 aliphatic rings. The molecule has 1 aromatic rings. The van der Waals surface area contributed by atoms with Crippen LogP contribution in [-0.2, 0) is 18.3 Å². The number of aryl methyl sites for hydroxylation is 2. The highest BCUT2D eigenvalue weighted by atomic mass is 16.1. The molecule has 1 rings (SSSR count). The van der Waals surface area contributed by atoms with Gasteiger partial charge in [-0.15, -0.1) is 6.42 Å². The van der Waals surface area contributed by atoms with Crippen LogP contribution in [0.15, 0.2) is 12.3 Å². The molecule has 0 unspecified atom stereocenters. The fraction of sp³-hybridized carbons (Fsp3) is 0.375. The molecule has 0 bridgehead atoms. The van der Waals surface area contributed by atoms with E-state index in [1.165, 1.54) is 0 Å². The number of aromatic nitrogens is 1. The van der Waals surface area contributed by atoms with Gasteiger partial charge in [0, 0.05) is 13.2 Å². The van der Waals surface area contributed by atoms with Crippen molar-refractivity contribution in [1.82, 2.24) is 4.57 Å². The summed E-state index contributed by atoms with van der Waals surface area (Å²) >= 11 is 0. The minimum absolute atomic E-state index is 0.398. The molecule has 0 atom stereocenters. The van der Waals surface area contributed by atoms with Gasteiger partial charge in [-0.1, -0.05) is 0 Å². The molecule has 54 valence electrons. The van der Waals surface area contributed by atoms with Gasteiger partial charge in [-0.2, -0.15) is 0 Å². The van der Waals surface area contributed by atoms with Gasteiger partial charge in [0.1, 0.15) is 0 Å². The Morgan fingerprint density at radius 2 is 2.40 bits per heavy atom. The van der Waals surface area contributed by atoms with E-state index in [0.717, 1.165) is 11.3 Å². The summed E-state index contributed by atoms with van der Waals surface area (Å²) in [6.07, 6.45) is 4.23. The lowest BCUT2D eigenvalue weighted by molar-refractivity contribution is 0.553. The zero-order valence-electron chi connectivity index (χ0n) is 6.22. The zero-order chi connectivity index (χ0) is 7.56. The Morgan fingerprint density at radius 1 is 1.70 bits per heavy atom. The summed E-state index contributed by atoms with van der Waals surface area (Å²) < 4.78 is 1.94. The number of carbonyl (C=O) groups excluding carboxylic acids is 1. The van der Waals surface area contributed by atoms with Crippen LogP contribution in [0.25, 0.3) is 0 Å². The van der Waals surface area contributed by atoms with Gasteiger partial charge in [-0.3, -0.25) is 6.29 Å². The Morgan fingerprint density at radius 3 is 2.80 bits per heavy atom. The second kappa shape index (κ2) is 2.69. The summed E-state index contributed by atoms with van der Waals surface area (Å²) in [5.74, 6) is 0. The molecule has 0 N–H and O–H groups in total. The van der Waals surface area contributed by atoms with Crippen LogP contribution in [0.2, 0.25) is 0 Å². The van der Waals surface area contributed by atoms with Crippen LogP contribution < -0.4 is 0 Å². The highest BCUT2D eigenvalue weighted by molar-refractivity contribution is 5.55. The Hall–Kier alpha value is -1.05. The van der Waals surface area contributed by atoms with E-state index in [2.05, 4.69) is 0 Å². The van der Waals surface area contributed by atoms with Crippen molar-refractivity contribution < 1.29 is 4.79 Å². The van der Waals surface area contributed by atoms with E-state index in [0.29, 0.717) is 6.42 Å². The Bertz CT molecular complexity index is 218. The Balaban J connectivity index is 2.97. The van der Waals surface area contributed by atoms with Crippen LogP contribution in [0.3, 0.4) is 0 Å². The lowest BCUT2D eigenvalue weighted by atomic mass is 10.2. The molecule has 0 saturated heterocycles. The maximum atomic E-state index is 10.0. The van der Waals surface area contributed by atoms with E-state index >= 15 is 0 Å². The van der Waals surface area contributed by atoms with Crippen LogP contribution in [0, 0.1) is 6.92 Å². The molecule has 0 aromatic carbocycles. The summed E-state index contributed by atoms with van der Waals surface area (Å²) in [7, 11) is 1.93. The van der Waals surface area contributed by atoms with E-state index in [-0.39, 0.29) is 0 Å². The van der Waals surface area contributed by atoms with Crippen molar-refractivity contribution in [3.63, 3.8) is 0 Å². The van der Waals surface area contributed by atoms with Crippen LogP contribution in [0.5, 0.6) is 0 Å². The maximum absolute atomic E-state index is 10.0. The van der Waals surface area contributed by atoms with Crippen LogP contribution in [-0.4, -0.2) is 10.9 Å². The lowest BCUT2D eigenvalue weighted by Crippen LogP contribution is -1.96. The molecular weight excluding hydrogens is 126 g/mol. The number of hydrogen-bond acceptors (Lipinski definition) is 1. The van der Waals surface area contributed by atoms with Crippen LogP contribution in [0.4, 0.5) is 0 Å². The molecule has 0 spiro atoms. The molecule has 0 amide bonds. The van der Waals surface area contributed by atoms with Gasteiger partial charge in [0.15, 0.2) is 0 Å². The normalized spacial score (nSPS) is 9.80. The van der Waals surface area contributed by atoms with E-state index in [9.17, 15) is 4.79 Å². The first kappa shape index (κ1) is 7.06. The van der Waals surface area contributed by atoms with E-state index < -0.39 is 0 Å². The zero-order valence-corrected chi connectivity index (χ0v) is 6.22. The first-order valence-electron chi connectivity index (χ1n) is 3.21. The SMILES string of the molecule is Cc1ccn(C)c1C[C-]=O. The fourth-order valence-electron chi connectivity index (χ4n) is 1.02. The third-order valence-electron chi connectivity index (χ3n) is 1.67. The van der Waals surface area contributed by atoms with Crippen molar-refractivity contribution in [1.29, 1.82) is 0 Å². The second-order valence-corrected chi connectivity index (χ2v) is 2.38. The maximum Gasteiger partial charge on any atom is 0.0108 e. The summed E-state index contributed by atoms with van der Waals surface area (Å²) in [6.45, 7) is 1.99. The predicted molar refractivity (Wildman–Crippen MR) is 39.5 cm³/mol. The van der Waals surface area contributed by atoms with Gasteiger partial charge in [0.05, 0.1) is 0 Å². The molecule has 0 saturated carbocycles. The number of rotatable bonds is 2.